The Balaban J connectivity index is 2.28. The number of ether oxygens (including phenoxy) is 1. The number of aromatic nitrogens is 2. The van der Waals surface area contributed by atoms with Gasteiger partial charge < -0.3 is 10.1 Å². The van der Waals surface area contributed by atoms with Gasteiger partial charge >= 0.3 is 5.97 Å². The number of carbonyl (C=O) groups excluding carboxylic acids is 2. The number of nitrogens with one attached hydrogen (secondary N) is 1. The lowest BCUT2D eigenvalue weighted by Gasteiger charge is -2.14. The molecule has 6 nitrogen and oxygen atoms in total. The van der Waals surface area contributed by atoms with Gasteiger partial charge in [-0.2, -0.15) is 5.10 Å². The molecule has 0 aliphatic rings. The van der Waals surface area contributed by atoms with Crippen molar-refractivity contribution in [1.29, 1.82) is 0 Å². The first kappa shape index (κ1) is 16.5. The third-order valence-electron chi connectivity index (χ3n) is 3.08. The fourth-order valence-corrected chi connectivity index (χ4v) is 3.03. The normalized spacial score (nSPS) is 12.0. The van der Waals surface area contributed by atoms with Crippen LogP contribution in [0.4, 0.5) is 0 Å². The zero-order valence-corrected chi connectivity index (χ0v) is 14.0. The molecular weight excluding hydrogens is 326 g/mol. The third-order valence-corrected chi connectivity index (χ3v) is 4.32. The summed E-state index contributed by atoms with van der Waals surface area (Å²) in [7, 11) is 3.02. The summed E-state index contributed by atoms with van der Waals surface area (Å²) >= 11 is 7.28. The lowest BCUT2D eigenvalue weighted by molar-refractivity contribution is -0.142. The first-order chi connectivity index (χ1) is 10.5. The number of amides is 1. The zero-order chi connectivity index (χ0) is 16.3. The van der Waals surface area contributed by atoms with Crippen molar-refractivity contribution in [1.82, 2.24) is 15.1 Å². The predicted molar refractivity (Wildman–Crippen MR) is 85.1 cm³/mol. The molecule has 2 rings (SSSR count). The second-order valence-electron chi connectivity index (χ2n) is 4.63. The van der Waals surface area contributed by atoms with E-state index in [4.69, 9.17) is 11.6 Å². The minimum absolute atomic E-state index is 0.370. The van der Waals surface area contributed by atoms with Gasteiger partial charge in [0.15, 0.2) is 0 Å². The van der Waals surface area contributed by atoms with Crippen LogP contribution in [0.15, 0.2) is 18.3 Å². The number of halogens is 1. The smallest absolute Gasteiger partial charge is 0.328 e. The monoisotopic (exact) mass is 341 g/mol. The number of nitrogens with zero attached hydrogens (tertiary/aromatic N) is 2. The van der Waals surface area contributed by atoms with E-state index in [0.29, 0.717) is 22.0 Å². The van der Waals surface area contributed by atoms with Crippen molar-refractivity contribution in [2.24, 2.45) is 7.05 Å². The summed E-state index contributed by atoms with van der Waals surface area (Å²) in [5.74, 6) is -0.842. The molecule has 8 heteroatoms. The van der Waals surface area contributed by atoms with Crippen LogP contribution in [0.5, 0.6) is 0 Å². The molecule has 1 N–H and O–H groups in total. The molecule has 0 saturated carbocycles. The summed E-state index contributed by atoms with van der Waals surface area (Å²) in [5.41, 5.74) is 0.931. The van der Waals surface area contributed by atoms with Gasteiger partial charge in [0.05, 0.1) is 21.9 Å². The molecule has 0 aliphatic heterocycles. The average Bonchev–Trinajstić information content (AvgIpc) is 3.09. The maximum Gasteiger partial charge on any atom is 0.328 e. The van der Waals surface area contributed by atoms with Gasteiger partial charge in [-0.1, -0.05) is 18.5 Å². The Bertz CT molecular complexity index is 695. The quantitative estimate of drug-likeness (QED) is 0.848. The number of carbonyl (C=O) groups is 2. The summed E-state index contributed by atoms with van der Waals surface area (Å²) in [6, 6.07) is 2.88. The number of esters is 1. The Hall–Kier alpha value is -1.86. The first-order valence-electron chi connectivity index (χ1n) is 6.64. The molecule has 1 atom stereocenters. The highest BCUT2D eigenvalue weighted by atomic mass is 35.5. The Labute approximate surface area is 137 Å². The fourth-order valence-electron chi connectivity index (χ4n) is 1.98. The highest BCUT2D eigenvalue weighted by Crippen LogP contribution is 2.32. The summed E-state index contributed by atoms with van der Waals surface area (Å²) in [6.07, 6.45) is 2.06. The Morgan fingerprint density at radius 3 is 2.77 bits per heavy atom. The SMILES string of the molecule is CC[C@@H](NC(=O)c1cn(C)nc1-c1ccc(Cl)s1)C(=O)OC. The third kappa shape index (κ3) is 3.48. The summed E-state index contributed by atoms with van der Waals surface area (Å²) in [6.45, 7) is 1.80. The molecule has 0 saturated heterocycles. The van der Waals surface area contributed by atoms with Crippen LogP contribution in [0.1, 0.15) is 23.7 Å². The molecule has 118 valence electrons. The maximum absolute atomic E-state index is 12.4. The van der Waals surface area contributed by atoms with E-state index in [1.807, 2.05) is 6.07 Å². The number of hydrogen-bond acceptors (Lipinski definition) is 5. The Morgan fingerprint density at radius 2 is 2.23 bits per heavy atom. The van der Waals surface area contributed by atoms with Gasteiger partial charge in [-0.05, 0) is 18.6 Å². The molecule has 0 bridgehead atoms. The van der Waals surface area contributed by atoms with Gasteiger partial charge in [0, 0.05) is 13.2 Å². The van der Waals surface area contributed by atoms with Gasteiger partial charge in [-0.25, -0.2) is 4.79 Å². The van der Waals surface area contributed by atoms with Crippen molar-refractivity contribution >= 4 is 34.8 Å². The number of hydrogen-bond donors (Lipinski definition) is 1. The summed E-state index contributed by atoms with van der Waals surface area (Å²) < 4.78 is 6.84. The molecule has 2 heterocycles. The number of rotatable bonds is 5. The standard InChI is InChI=1S/C14H16ClN3O3S/c1-4-9(14(20)21-3)16-13(19)8-7-18(2)17-12(8)10-5-6-11(15)22-10/h5-7,9H,4H2,1-3H3,(H,16,19)/t9-/m1/s1. The molecule has 0 fully saturated rings. The zero-order valence-electron chi connectivity index (χ0n) is 12.4. The lowest BCUT2D eigenvalue weighted by atomic mass is 10.1. The van der Waals surface area contributed by atoms with Crippen molar-refractivity contribution in [3.05, 3.63) is 28.2 Å². The number of thiophene rings is 1. The molecule has 1 amide bonds. The minimum Gasteiger partial charge on any atom is -0.467 e. The lowest BCUT2D eigenvalue weighted by Crippen LogP contribution is -2.41. The van der Waals surface area contributed by atoms with Crippen molar-refractivity contribution in [2.75, 3.05) is 7.11 Å². The Kier molecular flexibility index (Phi) is 5.20. The van der Waals surface area contributed by atoms with Crippen LogP contribution < -0.4 is 5.32 Å². The van der Waals surface area contributed by atoms with E-state index in [0.717, 1.165) is 4.88 Å². The number of methoxy groups -OCH3 is 1. The second-order valence-corrected chi connectivity index (χ2v) is 6.34. The molecule has 22 heavy (non-hydrogen) atoms. The molecular formula is C14H16ClN3O3S. The van der Waals surface area contributed by atoms with Crippen LogP contribution in [0.25, 0.3) is 10.6 Å². The number of aryl methyl sites for hydroxylation is 1. The van der Waals surface area contributed by atoms with Crippen LogP contribution >= 0.6 is 22.9 Å². The largest absolute Gasteiger partial charge is 0.467 e. The second kappa shape index (κ2) is 6.93. The van der Waals surface area contributed by atoms with Gasteiger partial charge in [0.1, 0.15) is 11.7 Å². The van der Waals surface area contributed by atoms with Crippen molar-refractivity contribution in [3.8, 4) is 10.6 Å². The van der Waals surface area contributed by atoms with Crippen LogP contribution in [0.2, 0.25) is 4.34 Å². The highest BCUT2D eigenvalue weighted by molar-refractivity contribution is 7.19. The maximum atomic E-state index is 12.4. The van der Waals surface area contributed by atoms with E-state index in [1.54, 1.807) is 30.9 Å². The van der Waals surface area contributed by atoms with E-state index < -0.39 is 12.0 Å². The van der Waals surface area contributed by atoms with E-state index in [1.165, 1.54) is 18.4 Å². The molecule has 0 radical (unpaired) electrons. The molecule has 0 unspecified atom stereocenters. The van der Waals surface area contributed by atoms with E-state index in [2.05, 4.69) is 15.2 Å². The van der Waals surface area contributed by atoms with Crippen molar-refractivity contribution < 1.29 is 14.3 Å². The van der Waals surface area contributed by atoms with Crippen LogP contribution in [0, 0.1) is 0 Å². The molecule has 0 aromatic carbocycles. The summed E-state index contributed by atoms with van der Waals surface area (Å²) in [5, 5.41) is 6.97. The van der Waals surface area contributed by atoms with Gasteiger partial charge in [0.25, 0.3) is 5.91 Å². The first-order valence-corrected chi connectivity index (χ1v) is 7.83. The topological polar surface area (TPSA) is 73.2 Å². The van der Waals surface area contributed by atoms with Gasteiger partial charge in [-0.3, -0.25) is 9.48 Å². The van der Waals surface area contributed by atoms with Crippen LogP contribution in [0.3, 0.4) is 0 Å². The van der Waals surface area contributed by atoms with Crippen LogP contribution in [-0.2, 0) is 16.6 Å². The van der Waals surface area contributed by atoms with Crippen molar-refractivity contribution in [2.45, 2.75) is 19.4 Å². The molecule has 0 aliphatic carbocycles. The molecule has 0 spiro atoms. The summed E-state index contributed by atoms with van der Waals surface area (Å²) in [4.78, 5) is 24.8. The van der Waals surface area contributed by atoms with Gasteiger partial charge in [0.2, 0.25) is 0 Å². The average molecular weight is 342 g/mol. The van der Waals surface area contributed by atoms with Gasteiger partial charge in [-0.15, -0.1) is 11.3 Å². The van der Waals surface area contributed by atoms with Crippen molar-refractivity contribution in [3.63, 3.8) is 0 Å². The molecule has 2 aromatic heterocycles. The predicted octanol–water partition coefficient (Wildman–Crippen LogP) is 2.48. The van der Waals surface area contributed by atoms with E-state index >= 15 is 0 Å². The minimum atomic E-state index is -0.683. The van der Waals surface area contributed by atoms with E-state index in [9.17, 15) is 9.59 Å². The fraction of sp³-hybridized carbons (Fsp3) is 0.357. The van der Waals surface area contributed by atoms with Crippen LogP contribution in [-0.4, -0.2) is 34.8 Å². The van der Waals surface area contributed by atoms with E-state index in [-0.39, 0.29) is 5.91 Å². The molecule has 2 aromatic rings. The Morgan fingerprint density at radius 1 is 1.50 bits per heavy atom. The highest BCUT2D eigenvalue weighted by Gasteiger charge is 2.24.